The van der Waals surface area contributed by atoms with Crippen LogP contribution in [0.4, 0.5) is 22.0 Å². The molecule has 3 aliphatic rings. The van der Waals surface area contributed by atoms with Crippen LogP contribution in [0, 0.1) is 23.5 Å². The summed E-state index contributed by atoms with van der Waals surface area (Å²) in [6.07, 6.45) is -2.21. The van der Waals surface area contributed by atoms with Crippen LogP contribution < -0.4 is 9.46 Å². The first-order valence-electron chi connectivity index (χ1n) is 12.9. The minimum atomic E-state index is -4.72. The molecule has 2 heterocycles. The molecule has 1 unspecified atom stereocenters. The number of hydrogen-bond donors (Lipinski definition) is 1. The molecule has 2 aromatic carbocycles. The number of sulfone groups is 1. The zero-order chi connectivity index (χ0) is 30.0. The predicted molar refractivity (Wildman–Crippen MR) is 141 cm³/mol. The molecule has 1 N–H and O–H groups in total. The quantitative estimate of drug-likeness (QED) is 0.334. The van der Waals surface area contributed by atoms with Gasteiger partial charge in [0.25, 0.3) is 0 Å². The number of rotatable bonds is 6. The molecule has 6 nitrogen and oxygen atoms in total. The number of halogens is 5. The van der Waals surface area contributed by atoms with Crippen molar-refractivity contribution in [3.05, 3.63) is 84.5 Å². The fourth-order valence-electron chi connectivity index (χ4n) is 7.00. The summed E-state index contributed by atoms with van der Waals surface area (Å²) in [4.78, 5) is -0.495. The summed E-state index contributed by atoms with van der Waals surface area (Å²) in [6, 6.07) is 3.74. The van der Waals surface area contributed by atoms with E-state index in [9.17, 15) is 34.4 Å². The predicted octanol–water partition coefficient (Wildman–Crippen LogP) is 5.65. The fraction of sp³-hybridized carbons (Fsp3) is 0.429. The van der Waals surface area contributed by atoms with Gasteiger partial charge in [-0.3, -0.25) is 0 Å². The van der Waals surface area contributed by atoms with Crippen molar-refractivity contribution in [3.63, 3.8) is 0 Å². The van der Waals surface area contributed by atoms with Crippen molar-refractivity contribution < 1.29 is 43.5 Å². The molecule has 222 valence electrons. The summed E-state index contributed by atoms with van der Waals surface area (Å²) >= 11 is 0. The highest BCUT2D eigenvalue weighted by atomic mass is 32.2. The van der Waals surface area contributed by atoms with Gasteiger partial charge in [-0.25, -0.2) is 30.3 Å². The first kappa shape index (κ1) is 29.7. The Balaban J connectivity index is 1.74. The molecule has 1 saturated carbocycles. The van der Waals surface area contributed by atoms with Crippen LogP contribution in [-0.4, -0.2) is 34.2 Å². The van der Waals surface area contributed by atoms with Crippen molar-refractivity contribution in [2.45, 2.75) is 58.7 Å². The van der Waals surface area contributed by atoms with Gasteiger partial charge in [-0.2, -0.15) is 13.2 Å². The largest absolute Gasteiger partial charge is 0.490 e. The molecular formula is C28H28F5NO5S2. The van der Waals surface area contributed by atoms with Gasteiger partial charge >= 0.3 is 6.18 Å². The van der Waals surface area contributed by atoms with Crippen molar-refractivity contribution in [1.29, 1.82) is 0 Å². The molecule has 1 aliphatic carbocycles. The fourth-order valence-corrected chi connectivity index (χ4v) is 11.4. The second-order valence-electron chi connectivity index (χ2n) is 10.9. The molecule has 4 atom stereocenters. The van der Waals surface area contributed by atoms with Gasteiger partial charge in [-0.1, -0.05) is 12.2 Å². The molecule has 0 radical (unpaired) electrons. The van der Waals surface area contributed by atoms with Crippen molar-refractivity contribution in [3.8, 4) is 5.75 Å². The number of sulfonamides is 1. The van der Waals surface area contributed by atoms with Crippen molar-refractivity contribution in [2.75, 3.05) is 6.61 Å². The Labute approximate surface area is 235 Å². The Kier molecular flexibility index (Phi) is 7.18. The van der Waals surface area contributed by atoms with E-state index in [4.69, 9.17) is 4.74 Å². The smallest absolute Gasteiger partial charge is 0.416 e. The average molecular weight is 618 g/mol. The third-order valence-corrected chi connectivity index (χ3v) is 13.7. The first-order valence-corrected chi connectivity index (χ1v) is 15.9. The van der Waals surface area contributed by atoms with Crippen LogP contribution in [0.2, 0.25) is 0 Å². The lowest BCUT2D eigenvalue weighted by atomic mass is 9.63. The summed E-state index contributed by atoms with van der Waals surface area (Å²) in [6.45, 7) is 6.98. The zero-order valence-electron chi connectivity index (χ0n) is 21.8. The van der Waals surface area contributed by atoms with Gasteiger partial charge in [-0.05, 0) is 74.4 Å². The van der Waals surface area contributed by atoms with Crippen LogP contribution in [-0.2, 0) is 30.8 Å². The van der Waals surface area contributed by atoms with E-state index in [0.717, 1.165) is 24.3 Å². The standard InChI is InChI=1S/C28H28F5NO5S2/c1-3-12-26(13-4-2)15-19-20-16-39-25-22(30)10-9-21(29)24(25)27(20,14-11-23(19)34-41(26,37)38)40(35,36)18-7-5-17(6-8-18)28(31,32)33/h3-10,19-20,23,34H,1-2,11-16H2/t19?,20-,23+,27-/m0/s1. The maximum absolute atomic E-state index is 15.7. The van der Waals surface area contributed by atoms with E-state index in [1.165, 1.54) is 12.2 Å². The maximum atomic E-state index is 15.7. The summed E-state index contributed by atoms with van der Waals surface area (Å²) in [7, 11) is -8.65. The van der Waals surface area contributed by atoms with Gasteiger partial charge in [0, 0.05) is 12.0 Å². The first-order chi connectivity index (χ1) is 19.1. The Bertz CT molecular complexity index is 1600. The van der Waals surface area contributed by atoms with E-state index in [1.54, 1.807) is 0 Å². The van der Waals surface area contributed by atoms with Crippen LogP contribution in [0.25, 0.3) is 0 Å². The number of fused-ring (bicyclic) bond motifs is 5. The summed E-state index contributed by atoms with van der Waals surface area (Å²) in [5.74, 6) is -4.39. The highest BCUT2D eigenvalue weighted by Crippen LogP contribution is 2.60. The topological polar surface area (TPSA) is 89.5 Å². The minimum Gasteiger partial charge on any atom is -0.490 e. The molecule has 13 heteroatoms. The van der Waals surface area contributed by atoms with Gasteiger partial charge in [0.2, 0.25) is 10.0 Å². The van der Waals surface area contributed by atoms with Crippen LogP contribution in [0.1, 0.15) is 43.2 Å². The zero-order valence-corrected chi connectivity index (χ0v) is 23.4. The van der Waals surface area contributed by atoms with Crippen LogP contribution in [0.15, 0.2) is 66.6 Å². The molecule has 0 aromatic heterocycles. The Morgan fingerprint density at radius 1 is 1.02 bits per heavy atom. The molecular weight excluding hydrogens is 589 g/mol. The van der Waals surface area contributed by atoms with Crippen molar-refractivity contribution in [2.24, 2.45) is 11.8 Å². The van der Waals surface area contributed by atoms with Crippen LogP contribution in [0.5, 0.6) is 5.75 Å². The van der Waals surface area contributed by atoms with Crippen molar-refractivity contribution >= 4 is 19.9 Å². The van der Waals surface area contributed by atoms with Gasteiger partial charge in [0.1, 0.15) is 10.6 Å². The molecule has 0 amide bonds. The third kappa shape index (κ3) is 4.34. The van der Waals surface area contributed by atoms with Gasteiger partial charge in [0.05, 0.1) is 27.4 Å². The minimum absolute atomic E-state index is 0.0172. The summed E-state index contributed by atoms with van der Waals surface area (Å²) in [5.41, 5.74) is -1.60. The van der Waals surface area contributed by atoms with Crippen molar-refractivity contribution in [1.82, 2.24) is 4.72 Å². The maximum Gasteiger partial charge on any atom is 0.416 e. The van der Waals surface area contributed by atoms with Gasteiger partial charge < -0.3 is 4.74 Å². The number of alkyl halides is 3. The highest BCUT2D eigenvalue weighted by Gasteiger charge is 2.66. The van der Waals surface area contributed by atoms with E-state index in [1.807, 2.05) is 0 Å². The second kappa shape index (κ2) is 9.91. The molecule has 5 rings (SSSR count). The average Bonchev–Trinajstić information content (AvgIpc) is 2.90. The molecule has 0 bridgehead atoms. The lowest BCUT2D eigenvalue weighted by Gasteiger charge is -2.56. The number of benzene rings is 2. The van der Waals surface area contributed by atoms with E-state index in [2.05, 4.69) is 17.9 Å². The Hall–Kier alpha value is -2.77. The normalized spacial score (nSPS) is 28.4. The number of ether oxygens (including phenoxy) is 1. The molecule has 2 aliphatic heterocycles. The van der Waals surface area contributed by atoms with Crippen LogP contribution in [0.3, 0.4) is 0 Å². The van der Waals surface area contributed by atoms with E-state index in [-0.39, 0.29) is 38.7 Å². The van der Waals surface area contributed by atoms with E-state index in [0.29, 0.717) is 12.1 Å². The van der Waals surface area contributed by atoms with E-state index < -0.39 is 86.8 Å². The SMILES string of the molecule is C=CCC1(CC=C)CC2[C@@H](CC[C@@]3(S(=O)(=O)c4ccc(C(F)(F)F)cc4)c4c(F)ccc(F)c4OC[C@@H]23)NS1(=O)=O. The third-order valence-electron chi connectivity index (χ3n) is 8.84. The Morgan fingerprint density at radius 2 is 1.63 bits per heavy atom. The Morgan fingerprint density at radius 3 is 2.22 bits per heavy atom. The number of hydrogen-bond acceptors (Lipinski definition) is 5. The number of allylic oxidation sites excluding steroid dienone is 2. The lowest BCUT2D eigenvalue weighted by molar-refractivity contribution is -0.137. The summed E-state index contributed by atoms with van der Waals surface area (Å²) < 4.78 is 131. The second-order valence-corrected chi connectivity index (χ2v) is 15.2. The van der Waals surface area contributed by atoms with Crippen LogP contribution >= 0.6 is 0 Å². The van der Waals surface area contributed by atoms with E-state index >= 15 is 4.39 Å². The molecule has 1 saturated heterocycles. The molecule has 41 heavy (non-hydrogen) atoms. The summed E-state index contributed by atoms with van der Waals surface area (Å²) in [5, 5.41) is 0. The molecule has 2 fully saturated rings. The molecule has 0 spiro atoms. The lowest BCUT2D eigenvalue weighted by Crippen LogP contribution is -2.66. The number of nitrogens with one attached hydrogen (secondary N) is 1. The van der Waals surface area contributed by atoms with Gasteiger partial charge in [0.15, 0.2) is 21.4 Å². The monoisotopic (exact) mass is 617 g/mol. The van der Waals surface area contributed by atoms with Gasteiger partial charge in [-0.15, -0.1) is 13.2 Å². The highest BCUT2D eigenvalue weighted by molar-refractivity contribution is 7.92. The molecule has 2 aromatic rings.